The Hall–Kier alpha value is 2.73. The Bertz CT molecular complexity index is 819. The van der Waals surface area contributed by atoms with E-state index in [2.05, 4.69) is 143 Å². The number of aromatic nitrogens is 3. The zero-order valence-electron chi connectivity index (χ0n) is 19.6. The molecule has 0 bridgehead atoms. The molecule has 0 unspecified atom stereocenters. The minimum Gasteiger partial charge on any atom is -0.247 e. The van der Waals surface area contributed by atoms with Crippen LogP contribution in [-0.2, 0) is 19.6 Å². The maximum atomic E-state index is 13.1. The number of hydrogen-bond acceptors (Lipinski definition) is 3. The molecule has 15 heteroatoms. The molecule has 1 aromatic rings. The fraction of sp³-hybridized carbons (Fsp3) is 0.857. The highest BCUT2D eigenvalue weighted by molar-refractivity contribution is 9.40. The summed E-state index contributed by atoms with van der Waals surface area (Å²) in [5.74, 6) is 0. The van der Waals surface area contributed by atoms with Crippen molar-refractivity contribution in [3.05, 3.63) is 31.5 Å². The zero-order chi connectivity index (χ0) is 27.6. The lowest BCUT2D eigenvalue weighted by molar-refractivity contribution is 0.413. The smallest absolute Gasteiger partial charge is 0.247 e. The van der Waals surface area contributed by atoms with Crippen molar-refractivity contribution < 1.29 is 0 Å². The van der Waals surface area contributed by atoms with Gasteiger partial charge >= 0.3 is 17.1 Å². The minimum absolute atomic E-state index is 0.292. The predicted molar refractivity (Wildman–Crippen MR) is 183 cm³/mol. The monoisotopic (exact) mass is 1080 g/mol. The molecular formula is C21H30Br9N3O3. The van der Waals surface area contributed by atoms with E-state index < -0.39 is 17.1 Å². The Morgan fingerprint density at radius 2 is 0.611 bits per heavy atom. The Balaban J connectivity index is 2.98. The third kappa shape index (κ3) is 16.2. The number of unbranched alkanes of at least 4 members (excludes halogenated alkanes) is 6. The summed E-state index contributed by atoms with van der Waals surface area (Å²) >= 11 is 31.4. The van der Waals surface area contributed by atoms with Crippen molar-refractivity contribution in [3.8, 4) is 0 Å². The summed E-state index contributed by atoms with van der Waals surface area (Å²) in [6, 6.07) is 0. The molecule has 1 heterocycles. The topological polar surface area (TPSA) is 66.0 Å². The molecule has 1 aromatic heterocycles. The molecule has 0 atom stereocenters. The summed E-state index contributed by atoms with van der Waals surface area (Å²) in [6.45, 7) is 0.906. The summed E-state index contributed by atoms with van der Waals surface area (Å²) in [4.78, 5) is 39.4. The predicted octanol–water partition coefficient (Wildman–Crippen LogP) is 9.37. The van der Waals surface area contributed by atoms with E-state index >= 15 is 0 Å². The molecule has 210 valence electrons. The third-order valence-electron chi connectivity index (χ3n) is 5.41. The highest BCUT2D eigenvalue weighted by Crippen LogP contribution is 2.39. The molecule has 0 N–H and O–H groups in total. The molecule has 0 aromatic carbocycles. The van der Waals surface area contributed by atoms with Crippen LogP contribution in [0, 0.1) is 0 Å². The maximum absolute atomic E-state index is 13.1. The van der Waals surface area contributed by atoms with Gasteiger partial charge in [-0.3, -0.25) is 0 Å². The van der Waals surface area contributed by atoms with Gasteiger partial charge in [0.15, 0.2) is 0 Å². The molecule has 6 nitrogen and oxygen atoms in total. The average molecular weight is 1090 g/mol. The summed E-state index contributed by atoms with van der Waals surface area (Å²) in [5, 5.41) is 0. The first kappa shape index (κ1) is 36.8. The van der Waals surface area contributed by atoms with Crippen molar-refractivity contribution in [2.75, 3.05) is 0 Å². The van der Waals surface area contributed by atoms with Gasteiger partial charge in [0, 0.05) is 19.6 Å². The lowest BCUT2D eigenvalue weighted by atomic mass is 10.2. The molecule has 0 aliphatic rings. The largest absolute Gasteiger partial charge is 0.336 e. The number of alkyl halides is 9. The number of halogens is 9. The summed E-state index contributed by atoms with van der Waals surface area (Å²) in [5.41, 5.74) is -1.51. The summed E-state index contributed by atoms with van der Waals surface area (Å²) < 4.78 is 2.85. The number of rotatable bonds is 15. The van der Waals surface area contributed by atoms with Crippen LogP contribution < -0.4 is 17.1 Å². The Labute approximate surface area is 288 Å². The molecule has 0 spiro atoms. The third-order valence-corrected chi connectivity index (χ3v) is 8.98. The van der Waals surface area contributed by atoms with Gasteiger partial charge in [-0.1, -0.05) is 182 Å². The van der Waals surface area contributed by atoms with E-state index in [-0.39, 0.29) is 6.43 Å². The van der Waals surface area contributed by atoms with Gasteiger partial charge in [0.05, 0.1) is 0 Å². The minimum atomic E-state index is -0.504. The zero-order valence-corrected chi connectivity index (χ0v) is 33.8. The van der Waals surface area contributed by atoms with Gasteiger partial charge in [-0.2, -0.15) is 0 Å². The standard InChI is InChI=1S/C21H30Br9N3O3/c22-19(23,24)10-4-1-7-13-31-16(34)32(14-8-2-5-11-20(25,26)27)18(36)33(17(31)35)15-9-3-6-12-21(28,29)30/h1-15H2. The summed E-state index contributed by atoms with van der Waals surface area (Å²) in [7, 11) is 0. The van der Waals surface area contributed by atoms with E-state index in [4.69, 9.17) is 0 Å². The first-order valence-electron chi connectivity index (χ1n) is 11.7. The molecule has 0 amide bonds. The van der Waals surface area contributed by atoms with Crippen LogP contribution in [0.3, 0.4) is 0 Å². The van der Waals surface area contributed by atoms with Crippen LogP contribution in [0.25, 0.3) is 0 Å². The van der Waals surface area contributed by atoms with Crippen LogP contribution >= 0.6 is 143 Å². The van der Waals surface area contributed by atoms with Gasteiger partial charge in [-0.25, -0.2) is 28.1 Å². The fourth-order valence-electron chi connectivity index (χ4n) is 3.57. The highest BCUT2D eigenvalue weighted by Gasteiger charge is 2.19. The van der Waals surface area contributed by atoms with E-state index in [0.717, 1.165) is 57.8 Å². The first-order chi connectivity index (χ1) is 16.5. The van der Waals surface area contributed by atoms with Crippen molar-refractivity contribution in [1.29, 1.82) is 0 Å². The number of hydrogen-bond donors (Lipinski definition) is 0. The summed E-state index contributed by atoms with van der Waals surface area (Å²) in [6.07, 6.45) is 9.92. The van der Waals surface area contributed by atoms with E-state index in [1.165, 1.54) is 13.7 Å². The van der Waals surface area contributed by atoms with Crippen LogP contribution in [0.15, 0.2) is 14.4 Å². The van der Waals surface area contributed by atoms with E-state index in [0.29, 0.717) is 38.9 Å². The van der Waals surface area contributed by atoms with Gasteiger partial charge in [0.1, 0.15) is 6.43 Å². The molecule has 0 saturated carbocycles. The Morgan fingerprint density at radius 3 is 0.806 bits per heavy atom. The van der Waals surface area contributed by atoms with Crippen molar-refractivity contribution in [2.45, 2.75) is 103 Å². The molecule has 1 rings (SSSR count). The lowest BCUT2D eigenvalue weighted by Gasteiger charge is -2.15. The quantitative estimate of drug-likeness (QED) is 0.130. The van der Waals surface area contributed by atoms with Crippen LogP contribution in [0.2, 0.25) is 0 Å². The fourth-order valence-corrected chi connectivity index (χ4v) is 6.10. The van der Waals surface area contributed by atoms with Gasteiger partial charge in [-0.15, -0.1) is 0 Å². The van der Waals surface area contributed by atoms with Crippen molar-refractivity contribution in [1.82, 2.24) is 13.7 Å². The van der Waals surface area contributed by atoms with Crippen LogP contribution in [-0.4, -0.2) is 20.1 Å². The molecule has 0 saturated heterocycles. The lowest BCUT2D eigenvalue weighted by Crippen LogP contribution is -2.54. The molecule has 0 radical (unpaired) electrons. The molecular weight excluding hydrogens is 1060 g/mol. The van der Waals surface area contributed by atoms with Crippen molar-refractivity contribution in [2.24, 2.45) is 0 Å². The Kier molecular flexibility index (Phi) is 18.0. The van der Waals surface area contributed by atoms with E-state index in [1.54, 1.807) is 0 Å². The van der Waals surface area contributed by atoms with E-state index in [9.17, 15) is 14.4 Å². The van der Waals surface area contributed by atoms with Crippen molar-refractivity contribution in [3.63, 3.8) is 0 Å². The van der Waals surface area contributed by atoms with Crippen LogP contribution in [0.1, 0.15) is 77.0 Å². The maximum Gasteiger partial charge on any atom is 0.336 e. The first-order valence-corrected chi connectivity index (χ1v) is 18.8. The second kappa shape index (κ2) is 17.6. The van der Waals surface area contributed by atoms with Gasteiger partial charge in [0.2, 0.25) is 0 Å². The van der Waals surface area contributed by atoms with Gasteiger partial charge in [-0.05, 0) is 38.5 Å². The van der Waals surface area contributed by atoms with E-state index in [1.807, 2.05) is 0 Å². The van der Waals surface area contributed by atoms with Gasteiger partial charge in [0.25, 0.3) is 0 Å². The second-order valence-electron chi connectivity index (χ2n) is 8.58. The molecule has 0 aliphatic carbocycles. The van der Waals surface area contributed by atoms with Crippen molar-refractivity contribution >= 4 is 143 Å². The molecule has 0 fully saturated rings. The molecule has 36 heavy (non-hydrogen) atoms. The highest BCUT2D eigenvalue weighted by atomic mass is 80.0. The van der Waals surface area contributed by atoms with Gasteiger partial charge < -0.3 is 0 Å². The van der Waals surface area contributed by atoms with Crippen LogP contribution in [0.5, 0.6) is 0 Å². The average Bonchev–Trinajstić information content (AvgIpc) is 2.71. The number of nitrogens with zero attached hydrogens (tertiary/aromatic N) is 3. The SMILES string of the molecule is O=c1n(CCCCCC(Br)(Br)Br)c(=O)n(CCCCCC(Br)(Br)Br)c(=O)n1CCCCCC(Br)(Br)Br. The molecule has 0 aliphatic heterocycles. The Morgan fingerprint density at radius 1 is 0.389 bits per heavy atom. The normalized spacial score (nSPS) is 12.9. The second-order valence-corrected chi connectivity index (χ2v) is 30.3. The van der Waals surface area contributed by atoms with Crippen LogP contribution in [0.4, 0.5) is 0 Å².